The van der Waals surface area contributed by atoms with Gasteiger partial charge < -0.3 is 10.2 Å². The molecule has 162 valence electrons. The Kier molecular flexibility index (Phi) is 5.49. The molecule has 1 saturated heterocycles. The van der Waals surface area contributed by atoms with Gasteiger partial charge >= 0.3 is 0 Å². The standard InChI is InChI=1S/C25H24N4O2S/c1-17-21-16-22(32-25(21)29(27-17)20-11-4-2-5-12-20)23(30)26-19-10-8-9-18(15-19)24(31)28-13-6-3-7-14-28/h2,4-5,8-12,15-16H,3,6-7,13-14H2,1H3,(H,26,30). The predicted octanol–water partition coefficient (Wildman–Crippen LogP) is 5.27. The van der Waals surface area contributed by atoms with Crippen molar-refractivity contribution in [3.05, 3.63) is 76.8 Å². The SMILES string of the molecule is Cc1nn(-c2ccccc2)c2sc(C(=O)Nc3cccc(C(=O)N4CCCCC4)c3)cc12. The van der Waals surface area contributed by atoms with Crippen LogP contribution >= 0.6 is 11.3 Å². The largest absolute Gasteiger partial charge is 0.339 e. The van der Waals surface area contributed by atoms with E-state index in [-0.39, 0.29) is 11.8 Å². The highest BCUT2D eigenvalue weighted by molar-refractivity contribution is 7.20. The molecule has 0 spiro atoms. The van der Waals surface area contributed by atoms with E-state index >= 15 is 0 Å². The summed E-state index contributed by atoms with van der Waals surface area (Å²) in [5.74, 6) is -0.158. The maximum Gasteiger partial charge on any atom is 0.265 e. The third kappa shape index (κ3) is 3.91. The van der Waals surface area contributed by atoms with Gasteiger partial charge in [0.05, 0.1) is 16.3 Å². The first kappa shape index (κ1) is 20.5. The molecular formula is C25H24N4O2S. The fraction of sp³-hybridized carbons (Fsp3) is 0.240. The lowest BCUT2D eigenvalue weighted by Crippen LogP contribution is -2.35. The molecule has 1 aliphatic heterocycles. The van der Waals surface area contributed by atoms with E-state index in [1.807, 2.05) is 71.1 Å². The van der Waals surface area contributed by atoms with Gasteiger partial charge in [-0.15, -0.1) is 11.3 Å². The highest BCUT2D eigenvalue weighted by Gasteiger charge is 2.20. The lowest BCUT2D eigenvalue weighted by atomic mass is 10.1. The Hall–Kier alpha value is -3.45. The molecule has 0 atom stereocenters. The molecule has 2 aromatic carbocycles. The molecule has 0 radical (unpaired) electrons. The van der Waals surface area contributed by atoms with Crippen LogP contribution in [-0.4, -0.2) is 39.6 Å². The number of rotatable bonds is 4. The van der Waals surface area contributed by atoms with E-state index in [1.165, 1.54) is 17.8 Å². The van der Waals surface area contributed by atoms with Gasteiger partial charge in [-0.2, -0.15) is 5.10 Å². The minimum Gasteiger partial charge on any atom is -0.339 e. The van der Waals surface area contributed by atoms with Gasteiger partial charge in [-0.05, 0) is 62.6 Å². The molecular weight excluding hydrogens is 420 g/mol. The van der Waals surface area contributed by atoms with Crippen LogP contribution in [-0.2, 0) is 0 Å². The van der Waals surface area contributed by atoms with Crippen molar-refractivity contribution in [2.45, 2.75) is 26.2 Å². The molecule has 0 bridgehead atoms. The van der Waals surface area contributed by atoms with Crippen LogP contribution in [0.4, 0.5) is 5.69 Å². The normalized spacial score (nSPS) is 14.0. The summed E-state index contributed by atoms with van der Waals surface area (Å²) in [6.45, 7) is 3.55. The lowest BCUT2D eigenvalue weighted by Gasteiger charge is -2.26. The quantitative estimate of drug-likeness (QED) is 0.466. The number of aromatic nitrogens is 2. The number of para-hydroxylation sites is 1. The second-order valence-electron chi connectivity index (χ2n) is 8.05. The molecule has 1 N–H and O–H groups in total. The molecule has 2 amide bonds. The molecule has 4 aromatic rings. The van der Waals surface area contributed by atoms with Crippen molar-refractivity contribution in [3.63, 3.8) is 0 Å². The van der Waals surface area contributed by atoms with Gasteiger partial charge in [0.1, 0.15) is 4.83 Å². The van der Waals surface area contributed by atoms with E-state index in [9.17, 15) is 9.59 Å². The number of piperidine rings is 1. The van der Waals surface area contributed by atoms with E-state index in [1.54, 1.807) is 6.07 Å². The Labute approximate surface area is 190 Å². The van der Waals surface area contributed by atoms with E-state index < -0.39 is 0 Å². The minimum atomic E-state index is -0.187. The Bertz CT molecular complexity index is 1290. The first-order chi connectivity index (χ1) is 15.6. The fourth-order valence-electron chi connectivity index (χ4n) is 4.11. The van der Waals surface area contributed by atoms with Crippen LogP contribution in [0.5, 0.6) is 0 Å². The van der Waals surface area contributed by atoms with Gasteiger partial charge in [0.2, 0.25) is 0 Å². The molecule has 6 nitrogen and oxygen atoms in total. The first-order valence-electron chi connectivity index (χ1n) is 10.9. The van der Waals surface area contributed by atoms with Crippen molar-refractivity contribution < 1.29 is 9.59 Å². The smallest absolute Gasteiger partial charge is 0.265 e. The van der Waals surface area contributed by atoms with Gasteiger partial charge in [0.15, 0.2) is 0 Å². The van der Waals surface area contributed by atoms with Gasteiger partial charge in [0.25, 0.3) is 11.8 Å². The number of hydrogen-bond acceptors (Lipinski definition) is 4. The van der Waals surface area contributed by atoms with Crippen molar-refractivity contribution in [1.29, 1.82) is 0 Å². The molecule has 0 aliphatic carbocycles. The number of hydrogen-bond donors (Lipinski definition) is 1. The summed E-state index contributed by atoms with van der Waals surface area (Å²) in [7, 11) is 0. The predicted molar refractivity (Wildman–Crippen MR) is 128 cm³/mol. The maximum atomic E-state index is 13.0. The molecule has 7 heteroatoms. The second-order valence-corrected chi connectivity index (χ2v) is 9.08. The highest BCUT2D eigenvalue weighted by atomic mass is 32.1. The number of amides is 2. The summed E-state index contributed by atoms with van der Waals surface area (Å²) in [5.41, 5.74) is 3.07. The maximum absolute atomic E-state index is 13.0. The molecule has 0 saturated carbocycles. The van der Waals surface area contributed by atoms with Crippen molar-refractivity contribution in [2.24, 2.45) is 0 Å². The first-order valence-corrected chi connectivity index (χ1v) is 11.7. The number of anilines is 1. The zero-order chi connectivity index (χ0) is 22.1. The topological polar surface area (TPSA) is 67.2 Å². The molecule has 1 aliphatic rings. The average molecular weight is 445 g/mol. The minimum absolute atomic E-state index is 0.0289. The zero-order valence-corrected chi connectivity index (χ0v) is 18.7. The third-order valence-electron chi connectivity index (χ3n) is 5.78. The Balaban J connectivity index is 1.38. The van der Waals surface area contributed by atoms with Crippen molar-refractivity contribution in [3.8, 4) is 5.69 Å². The van der Waals surface area contributed by atoms with Crippen LogP contribution < -0.4 is 5.32 Å². The summed E-state index contributed by atoms with van der Waals surface area (Å²) in [5, 5.41) is 8.56. The number of nitrogens with zero attached hydrogens (tertiary/aromatic N) is 3. The van der Waals surface area contributed by atoms with Crippen molar-refractivity contribution in [1.82, 2.24) is 14.7 Å². The number of thiophene rings is 1. The summed E-state index contributed by atoms with van der Waals surface area (Å²) in [6.07, 6.45) is 3.28. The molecule has 1 fully saturated rings. The summed E-state index contributed by atoms with van der Waals surface area (Å²) in [4.78, 5) is 29.2. The molecule has 5 rings (SSSR count). The number of benzene rings is 2. The number of nitrogens with one attached hydrogen (secondary N) is 1. The molecule has 2 aromatic heterocycles. The van der Waals surface area contributed by atoms with Crippen molar-refractivity contribution >= 4 is 39.1 Å². The van der Waals surface area contributed by atoms with Crippen LogP contribution in [0.15, 0.2) is 60.7 Å². The van der Waals surface area contributed by atoms with Crippen molar-refractivity contribution in [2.75, 3.05) is 18.4 Å². The van der Waals surface area contributed by atoms with Gasteiger partial charge in [0, 0.05) is 29.7 Å². The number of aryl methyl sites for hydroxylation is 1. The Morgan fingerprint density at radius 3 is 2.53 bits per heavy atom. The van der Waals surface area contributed by atoms with E-state index in [0.717, 1.165) is 47.5 Å². The Morgan fingerprint density at radius 2 is 1.75 bits per heavy atom. The molecule has 3 heterocycles. The van der Waals surface area contributed by atoms with Crippen LogP contribution in [0.25, 0.3) is 15.9 Å². The van der Waals surface area contributed by atoms with Crippen LogP contribution in [0.1, 0.15) is 45.0 Å². The van der Waals surface area contributed by atoms with Crippen LogP contribution in [0.3, 0.4) is 0 Å². The third-order valence-corrected chi connectivity index (χ3v) is 6.89. The highest BCUT2D eigenvalue weighted by Crippen LogP contribution is 2.31. The number of fused-ring (bicyclic) bond motifs is 1. The van der Waals surface area contributed by atoms with Gasteiger partial charge in [-0.1, -0.05) is 24.3 Å². The fourth-order valence-corrected chi connectivity index (χ4v) is 5.18. The van der Waals surface area contributed by atoms with Crippen LogP contribution in [0.2, 0.25) is 0 Å². The van der Waals surface area contributed by atoms with Gasteiger partial charge in [-0.3, -0.25) is 9.59 Å². The number of likely N-dealkylation sites (tertiary alicyclic amines) is 1. The second kappa shape index (κ2) is 8.59. The summed E-state index contributed by atoms with van der Waals surface area (Å²) in [6, 6.07) is 19.0. The number of carbonyl (C=O) groups is 2. The van der Waals surface area contributed by atoms with E-state index in [2.05, 4.69) is 10.4 Å². The zero-order valence-electron chi connectivity index (χ0n) is 17.9. The Morgan fingerprint density at radius 1 is 0.969 bits per heavy atom. The van der Waals surface area contributed by atoms with E-state index in [4.69, 9.17) is 0 Å². The lowest BCUT2D eigenvalue weighted by molar-refractivity contribution is 0.0724. The molecule has 0 unspecified atom stereocenters. The summed E-state index contributed by atoms with van der Waals surface area (Å²) >= 11 is 1.41. The summed E-state index contributed by atoms with van der Waals surface area (Å²) < 4.78 is 1.88. The number of carbonyl (C=O) groups excluding carboxylic acids is 2. The van der Waals surface area contributed by atoms with E-state index in [0.29, 0.717) is 16.1 Å². The van der Waals surface area contributed by atoms with Crippen LogP contribution in [0, 0.1) is 6.92 Å². The molecule has 32 heavy (non-hydrogen) atoms. The van der Waals surface area contributed by atoms with Gasteiger partial charge in [-0.25, -0.2) is 4.68 Å². The monoisotopic (exact) mass is 444 g/mol. The average Bonchev–Trinajstić information content (AvgIpc) is 3.41.